The second-order valence-corrected chi connectivity index (χ2v) is 2.88. The maximum atomic E-state index is 3.69. The summed E-state index contributed by atoms with van der Waals surface area (Å²) in [5.74, 6) is 0. The summed E-state index contributed by atoms with van der Waals surface area (Å²) in [6.07, 6.45) is 8.57. The highest BCUT2D eigenvalue weighted by atomic mass is 13.9. The summed E-state index contributed by atoms with van der Waals surface area (Å²) in [5, 5.41) is 0. The van der Waals surface area contributed by atoms with Gasteiger partial charge in [-0.15, -0.1) is 0 Å². The quantitative estimate of drug-likeness (QED) is 0.534. The predicted molar refractivity (Wildman–Crippen MR) is 52.6 cm³/mol. The average molecular weight is 150 g/mol. The standard InChI is InChI=1S/C11H18/c1-5-7-11(4)9-8-10(3)6-2/h6,8-9H,2,5,7H2,1,3-4H3/b10-8+,11-9+. The molecule has 0 aliphatic rings. The van der Waals surface area contributed by atoms with Gasteiger partial charge in [0.2, 0.25) is 0 Å². The maximum Gasteiger partial charge on any atom is -0.0323 e. The van der Waals surface area contributed by atoms with Gasteiger partial charge in [-0.3, -0.25) is 0 Å². The van der Waals surface area contributed by atoms with E-state index < -0.39 is 0 Å². The van der Waals surface area contributed by atoms with Gasteiger partial charge in [0.1, 0.15) is 0 Å². The Morgan fingerprint density at radius 1 is 1.27 bits per heavy atom. The monoisotopic (exact) mass is 150 g/mol. The third-order valence-corrected chi connectivity index (χ3v) is 1.60. The molecule has 0 radical (unpaired) electrons. The summed E-state index contributed by atoms with van der Waals surface area (Å²) in [5.41, 5.74) is 2.66. The van der Waals surface area contributed by atoms with Crippen molar-refractivity contribution >= 4 is 0 Å². The third-order valence-electron chi connectivity index (χ3n) is 1.60. The molecule has 0 fully saturated rings. The summed E-state index contributed by atoms with van der Waals surface area (Å²) in [4.78, 5) is 0. The van der Waals surface area contributed by atoms with E-state index in [1.807, 2.05) is 6.08 Å². The smallest absolute Gasteiger partial charge is 0.0323 e. The fourth-order valence-electron chi connectivity index (χ4n) is 0.819. The van der Waals surface area contributed by atoms with Crippen LogP contribution in [0.2, 0.25) is 0 Å². The van der Waals surface area contributed by atoms with Crippen LogP contribution in [0.25, 0.3) is 0 Å². The van der Waals surface area contributed by atoms with Crippen molar-refractivity contribution in [3.63, 3.8) is 0 Å². The van der Waals surface area contributed by atoms with Gasteiger partial charge in [0.05, 0.1) is 0 Å². The SMILES string of the molecule is C=C/C(C)=C/C=C(\C)CCC. The topological polar surface area (TPSA) is 0 Å². The lowest BCUT2D eigenvalue weighted by Gasteiger charge is -1.94. The molecule has 0 N–H and O–H groups in total. The van der Waals surface area contributed by atoms with Crippen LogP contribution in [0, 0.1) is 0 Å². The molecule has 11 heavy (non-hydrogen) atoms. The van der Waals surface area contributed by atoms with Crippen molar-refractivity contribution in [1.29, 1.82) is 0 Å². The summed E-state index contributed by atoms with van der Waals surface area (Å²) in [6, 6.07) is 0. The van der Waals surface area contributed by atoms with Crippen LogP contribution in [0.15, 0.2) is 36.0 Å². The average Bonchev–Trinajstić information content (AvgIpc) is 2.01. The summed E-state index contributed by atoms with van der Waals surface area (Å²) in [7, 11) is 0. The van der Waals surface area contributed by atoms with Crippen LogP contribution < -0.4 is 0 Å². The van der Waals surface area contributed by atoms with Crippen molar-refractivity contribution in [2.75, 3.05) is 0 Å². The minimum atomic E-state index is 1.20. The second-order valence-electron chi connectivity index (χ2n) is 2.88. The first-order chi connectivity index (χ1) is 5.20. The molecular formula is C11H18. The Morgan fingerprint density at radius 3 is 2.36 bits per heavy atom. The normalized spacial score (nSPS) is 13.4. The highest BCUT2D eigenvalue weighted by Gasteiger charge is 1.83. The van der Waals surface area contributed by atoms with Crippen LogP contribution in [0.4, 0.5) is 0 Å². The molecule has 0 saturated carbocycles. The minimum Gasteiger partial charge on any atom is -0.0988 e. The zero-order valence-corrected chi connectivity index (χ0v) is 7.85. The summed E-state index contributed by atoms with van der Waals surface area (Å²) < 4.78 is 0. The van der Waals surface area contributed by atoms with E-state index >= 15 is 0 Å². The molecule has 0 heterocycles. The van der Waals surface area contributed by atoms with E-state index in [2.05, 4.69) is 39.5 Å². The van der Waals surface area contributed by atoms with E-state index in [0.29, 0.717) is 0 Å². The molecule has 0 aliphatic carbocycles. The molecule has 62 valence electrons. The Kier molecular flexibility index (Phi) is 5.54. The molecule has 0 heteroatoms. The van der Waals surface area contributed by atoms with E-state index in [1.54, 1.807) is 0 Å². The lowest BCUT2D eigenvalue weighted by Crippen LogP contribution is -1.73. The predicted octanol–water partition coefficient (Wildman–Crippen LogP) is 3.87. The van der Waals surface area contributed by atoms with Gasteiger partial charge in [0.15, 0.2) is 0 Å². The molecule has 0 saturated heterocycles. The molecule has 0 aromatic rings. The highest BCUT2D eigenvalue weighted by Crippen LogP contribution is 2.04. The van der Waals surface area contributed by atoms with Gasteiger partial charge in [-0.1, -0.05) is 49.3 Å². The molecule has 0 unspecified atom stereocenters. The van der Waals surface area contributed by atoms with Gasteiger partial charge >= 0.3 is 0 Å². The van der Waals surface area contributed by atoms with Gasteiger partial charge in [-0.2, -0.15) is 0 Å². The zero-order chi connectivity index (χ0) is 8.69. The Morgan fingerprint density at radius 2 is 1.91 bits per heavy atom. The Labute approximate surface area is 70.3 Å². The van der Waals surface area contributed by atoms with Gasteiger partial charge in [0.25, 0.3) is 0 Å². The molecule has 0 spiro atoms. The lowest BCUT2D eigenvalue weighted by molar-refractivity contribution is 0.905. The lowest BCUT2D eigenvalue weighted by atomic mass is 10.1. The van der Waals surface area contributed by atoms with Crippen molar-refractivity contribution in [3.8, 4) is 0 Å². The van der Waals surface area contributed by atoms with E-state index in [4.69, 9.17) is 0 Å². The highest BCUT2D eigenvalue weighted by molar-refractivity contribution is 5.21. The first kappa shape index (κ1) is 10.2. The summed E-state index contributed by atoms with van der Waals surface area (Å²) in [6.45, 7) is 10.1. The zero-order valence-electron chi connectivity index (χ0n) is 7.85. The van der Waals surface area contributed by atoms with Gasteiger partial charge in [-0.05, 0) is 20.3 Å². The van der Waals surface area contributed by atoms with Crippen LogP contribution in [-0.2, 0) is 0 Å². The maximum absolute atomic E-state index is 3.69. The molecule has 0 amide bonds. The number of hydrogen-bond donors (Lipinski definition) is 0. The van der Waals surface area contributed by atoms with Crippen molar-refractivity contribution in [2.45, 2.75) is 33.6 Å². The largest absolute Gasteiger partial charge is 0.0988 e. The Bertz CT molecular complexity index is 170. The molecular weight excluding hydrogens is 132 g/mol. The van der Waals surface area contributed by atoms with Gasteiger partial charge in [0, 0.05) is 0 Å². The molecule has 0 bridgehead atoms. The minimum absolute atomic E-state index is 1.20. The fourth-order valence-corrected chi connectivity index (χ4v) is 0.819. The van der Waals surface area contributed by atoms with E-state index in [9.17, 15) is 0 Å². The van der Waals surface area contributed by atoms with Crippen molar-refractivity contribution in [1.82, 2.24) is 0 Å². The van der Waals surface area contributed by atoms with Crippen molar-refractivity contribution in [2.24, 2.45) is 0 Å². The van der Waals surface area contributed by atoms with Crippen LogP contribution >= 0.6 is 0 Å². The van der Waals surface area contributed by atoms with Crippen LogP contribution in [-0.4, -0.2) is 0 Å². The van der Waals surface area contributed by atoms with Crippen LogP contribution in [0.5, 0.6) is 0 Å². The number of allylic oxidation sites excluding steroid dienone is 5. The van der Waals surface area contributed by atoms with Gasteiger partial charge < -0.3 is 0 Å². The molecule has 0 aromatic carbocycles. The molecule has 0 aliphatic heterocycles. The number of hydrogen-bond acceptors (Lipinski definition) is 0. The van der Waals surface area contributed by atoms with Crippen LogP contribution in [0.1, 0.15) is 33.6 Å². The van der Waals surface area contributed by atoms with Crippen LogP contribution in [0.3, 0.4) is 0 Å². The van der Waals surface area contributed by atoms with Gasteiger partial charge in [-0.25, -0.2) is 0 Å². The van der Waals surface area contributed by atoms with E-state index in [0.717, 1.165) is 0 Å². The molecule has 0 atom stereocenters. The summed E-state index contributed by atoms with van der Waals surface area (Å²) >= 11 is 0. The molecule has 0 nitrogen and oxygen atoms in total. The first-order valence-electron chi connectivity index (χ1n) is 4.17. The number of rotatable bonds is 4. The van der Waals surface area contributed by atoms with Crippen molar-refractivity contribution in [3.05, 3.63) is 36.0 Å². The first-order valence-corrected chi connectivity index (χ1v) is 4.17. The van der Waals surface area contributed by atoms with E-state index in [-0.39, 0.29) is 0 Å². The second kappa shape index (κ2) is 5.96. The van der Waals surface area contributed by atoms with Crippen molar-refractivity contribution < 1.29 is 0 Å². The Balaban J connectivity index is 3.99. The third kappa shape index (κ3) is 5.65. The fraction of sp³-hybridized carbons (Fsp3) is 0.455. The molecule has 0 rings (SSSR count). The molecule has 0 aromatic heterocycles. The van der Waals surface area contributed by atoms with E-state index in [1.165, 1.54) is 24.0 Å². The Hall–Kier alpha value is -0.780.